The molecule has 2 aliphatic heterocycles. The van der Waals surface area contributed by atoms with Crippen molar-refractivity contribution in [3.05, 3.63) is 107 Å². The van der Waals surface area contributed by atoms with Crippen molar-refractivity contribution in [3.63, 3.8) is 0 Å². The predicted molar refractivity (Wildman–Crippen MR) is 178 cm³/mol. The van der Waals surface area contributed by atoms with E-state index in [1.54, 1.807) is 29.2 Å². The van der Waals surface area contributed by atoms with Crippen LogP contribution in [0.1, 0.15) is 45.7 Å². The first-order chi connectivity index (χ1) is 23.5. The largest absolute Gasteiger partial charge is 0.493 e. The van der Waals surface area contributed by atoms with Crippen LogP contribution in [0.15, 0.2) is 79.0 Å². The van der Waals surface area contributed by atoms with Gasteiger partial charge in [0.15, 0.2) is 0 Å². The molecule has 4 bridgehead atoms. The van der Waals surface area contributed by atoms with Gasteiger partial charge in [-0.2, -0.15) is 15.0 Å². The summed E-state index contributed by atoms with van der Waals surface area (Å²) in [7, 11) is 1.81. The van der Waals surface area contributed by atoms with E-state index in [4.69, 9.17) is 24.2 Å². The molecule has 11 nitrogen and oxygen atoms in total. The maximum Gasteiger partial charge on any atom is 0.335 e. The number of carbonyl (C=O) groups is 1. The Balaban J connectivity index is 1.13. The van der Waals surface area contributed by atoms with Crippen LogP contribution in [0.25, 0.3) is 33.5 Å². The van der Waals surface area contributed by atoms with Crippen LogP contribution in [-0.4, -0.2) is 59.9 Å². The van der Waals surface area contributed by atoms with Gasteiger partial charge in [-0.1, -0.05) is 30.3 Å². The van der Waals surface area contributed by atoms with Gasteiger partial charge >= 0.3 is 5.97 Å². The molecule has 3 aromatic carbocycles. The van der Waals surface area contributed by atoms with Crippen molar-refractivity contribution < 1.29 is 24.1 Å². The quantitative estimate of drug-likeness (QED) is 0.237. The van der Waals surface area contributed by atoms with Crippen LogP contribution in [0.3, 0.4) is 0 Å². The van der Waals surface area contributed by atoms with Crippen LogP contribution in [0.4, 0.5) is 0 Å². The van der Waals surface area contributed by atoms with Crippen LogP contribution in [-0.2, 0) is 37.8 Å². The lowest BCUT2D eigenvalue weighted by molar-refractivity contribution is -0.0589. The van der Waals surface area contributed by atoms with Gasteiger partial charge < -0.3 is 23.9 Å². The third-order valence-electron chi connectivity index (χ3n) is 9.01. The normalized spacial score (nSPS) is 15.9. The summed E-state index contributed by atoms with van der Waals surface area (Å²) >= 11 is 0. The van der Waals surface area contributed by atoms with E-state index in [-0.39, 0.29) is 11.7 Å². The smallest absolute Gasteiger partial charge is 0.335 e. The summed E-state index contributed by atoms with van der Waals surface area (Å²) in [5.41, 5.74) is 8.54. The highest BCUT2D eigenvalue weighted by Gasteiger charge is 2.23. The number of imidazole rings is 1. The number of benzene rings is 3. The second kappa shape index (κ2) is 12.6. The van der Waals surface area contributed by atoms with E-state index < -0.39 is 5.97 Å². The van der Waals surface area contributed by atoms with E-state index >= 15 is 0 Å². The fourth-order valence-electron chi connectivity index (χ4n) is 6.33. The molecule has 0 unspecified atom stereocenters. The molecule has 1 fully saturated rings. The molecule has 3 aromatic heterocycles. The van der Waals surface area contributed by atoms with E-state index in [1.807, 2.05) is 37.4 Å². The third-order valence-corrected chi connectivity index (χ3v) is 9.01. The summed E-state index contributed by atoms with van der Waals surface area (Å²) in [4.78, 5) is 23.1. The number of carboxylic acid groups (broad SMARTS) is 1. The molecular formula is C37H34N6O5. The maximum absolute atomic E-state index is 11.8. The van der Waals surface area contributed by atoms with Crippen molar-refractivity contribution in [3.8, 4) is 34.1 Å². The zero-order valence-corrected chi connectivity index (χ0v) is 26.5. The van der Waals surface area contributed by atoms with Crippen molar-refractivity contribution in [2.75, 3.05) is 13.2 Å². The third kappa shape index (κ3) is 6.00. The molecule has 11 heteroatoms. The molecule has 2 aliphatic rings. The standard InChI is InChI=1S/C37H34N6O5/c1-42-38-20-32(41-42)24-8-10-28-22-48-36-6-2-5-30(40-36)25-7-9-26(34(18-25)47-14-3-4-23(28)16-24)19-35-39-31-12-11-27(37(44)45)17-33(31)43(35)21-29-13-15-46-29/h2,5-12,16-18,20,29H,3-4,13-15,19,21-22H2,1H3,(H,44,45)/t29-/m0/s1. The fraction of sp³-hybridized carbons (Fsp3) is 0.270. The van der Waals surface area contributed by atoms with Crippen LogP contribution < -0.4 is 9.47 Å². The second-order valence-corrected chi connectivity index (χ2v) is 12.2. The van der Waals surface area contributed by atoms with E-state index in [2.05, 4.69) is 39.0 Å². The summed E-state index contributed by atoms with van der Waals surface area (Å²) in [6.45, 7) is 2.25. The molecule has 242 valence electrons. The molecule has 48 heavy (non-hydrogen) atoms. The molecule has 1 atom stereocenters. The van der Waals surface area contributed by atoms with Crippen LogP contribution in [0, 0.1) is 0 Å². The molecule has 6 aromatic rings. The molecule has 1 saturated heterocycles. The Bertz CT molecular complexity index is 2150. The minimum absolute atomic E-state index is 0.0733. The highest BCUT2D eigenvalue weighted by atomic mass is 16.5. The molecule has 0 radical (unpaired) electrons. The van der Waals surface area contributed by atoms with E-state index in [9.17, 15) is 9.90 Å². The van der Waals surface area contributed by atoms with E-state index in [1.165, 1.54) is 0 Å². The molecule has 0 saturated carbocycles. The average molecular weight is 643 g/mol. The summed E-state index contributed by atoms with van der Waals surface area (Å²) in [6.07, 6.45) is 4.88. The molecular weight excluding hydrogens is 608 g/mol. The van der Waals surface area contributed by atoms with Crippen LogP contribution in [0.5, 0.6) is 11.6 Å². The number of pyridine rings is 1. The van der Waals surface area contributed by atoms with Crippen LogP contribution >= 0.6 is 0 Å². The summed E-state index contributed by atoms with van der Waals surface area (Å²) in [5, 5.41) is 18.4. The number of ether oxygens (including phenoxy) is 3. The van der Waals surface area contributed by atoms with Gasteiger partial charge in [0.25, 0.3) is 0 Å². The van der Waals surface area contributed by atoms with Crippen molar-refractivity contribution in [1.82, 2.24) is 29.5 Å². The minimum Gasteiger partial charge on any atom is -0.493 e. The molecule has 0 aliphatic carbocycles. The Morgan fingerprint density at radius 3 is 2.62 bits per heavy atom. The molecule has 8 rings (SSSR count). The summed E-state index contributed by atoms with van der Waals surface area (Å²) < 4.78 is 20.6. The number of nitrogens with zero attached hydrogens (tertiary/aromatic N) is 6. The van der Waals surface area contributed by atoms with Crippen molar-refractivity contribution in [2.45, 2.75) is 44.9 Å². The Morgan fingerprint density at radius 2 is 1.81 bits per heavy atom. The van der Waals surface area contributed by atoms with Gasteiger partial charge in [0.2, 0.25) is 5.88 Å². The Morgan fingerprint density at radius 1 is 0.938 bits per heavy atom. The molecule has 0 spiro atoms. The first kappa shape index (κ1) is 29.8. The number of hydrogen-bond donors (Lipinski definition) is 1. The lowest BCUT2D eigenvalue weighted by Gasteiger charge is -2.27. The van der Waals surface area contributed by atoms with Gasteiger partial charge in [0.1, 0.15) is 23.9 Å². The Hall–Kier alpha value is -5.55. The number of fused-ring (bicyclic) bond motifs is 7. The lowest BCUT2D eigenvalue weighted by Crippen LogP contribution is -2.31. The lowest BCUT2D eigenvalue weighted by atomic mass is 9.99. The fourth-order valence-corrected chi connectivity index (χ4v) is 6.33. The SMILES string of the molecule is Cn1ncc(-c2ccc3c(c2)CCCOc2cc(ccc2Cc2nc4ccc(C(=O)O)cc4n2C[C@@H]2CCO2)-c2cccc(n2)OC3)n1. The zero-order chi connectivity index (χ0) is 32.6. The van der Waals surface area contributed by atoms with Crippen molar-refractivity contribution in [1.29, 1.82) is 0 Å². The topological polar surface area (TPSA) is 126 Å². The van der Waals surface area contributed by atoms with Crippen molar-refractivity contribution >= 4 is 17.0 Å². The van der Waals surface area contributed by atoms with Gasteiger partial charge in [-0.25, -0.2) is 14.8 Å². The highest BCUT2D eigenvalue weighted by molar-refractivity contribution is 5.92. The highest BCUT2D eigenvalue weighted by Crippen LogP contribution is 2.32. The molecule has 0 amide bonds. The Kier molecular flexibility index (Phi) is 7.81. The van der Waals surface area contributed by atoms with Gasteiger partial charge in [-0.05, 0) is 66.8 Å². The number of carboxylic acids is 1. The van der Waals surface area contributed by atoms with Crippen LogP contribution in [0.2, 0.25) is 0 Å². The van der Waals surface area contributed by atoms with Gasteiger partial charge in [-0.3, -0.25) is 0 Å². The monoisotopic (exact) mass is 642 g/mol. The Labute approximate surface area is 276 Å². The number of rotatable bonds is 6. The average Bonchev–Trinajstić information content (AvgIpc) is 3.66. The van der Waals surface area contributed by atoms with E-state index in [0.717, 1.165) is 87.7 Å². The number of aromatic carboxylic acids is 1. The van der Waals surface area contributed by atoms with E-state index in [0.29, 0.717) is 32.1 Å². The number of aryl methyl sites for hydroxylation is 2. The predicted octanol–water partition coefficient (Wildman–Crippen LogP) is 5.88. The van der Waals surface area contributed by atoms with Gasteiger partial charge in [0, 0.05) is 42.8 Å². The maximum atomic E-state index is 11.8. The van der Waals surface area contributed by atoms with Gasteiger partial charge in [0.05, 0.1) is 47.7 Å². The second-order valence-electron chi connectivity index (χ2n) is 12.2. The first-order valence-electron chi connectivity index (χ1n) is 16.2. The first-order valence-corrected chi connectivity index (χ1v) is 16.2. The number of aromatic nitrogens is 6. The summed E-state index contributed by atoms with van der Waals surface area (Å²) in [5.74, 6) is 1.17. The van der Waals surface area contributed by atoms with Gasteiger partial charge in [-0.15, -0.1) is 0 Å². The molecule has 5 heterocycles. The number of hydrogen-bond acceptors (Lipinski definition) is 8. The minimum atomic E-state index is -0.965. The van der Waals surface area contributed by atoms with Crippen molar-refractivity contribution in [2.24, 2.45) is 7.05 Å². The zero-order valence-electron chi connectivity index (χ0n) is 26.5. The summed E-state index contributed by atoms with van der Waals surface area (Å²) in [6, 6.07) is 23.3. The molecule has 1 N–H and O–H groups in total.